The lowest BCUT2D eigenvalue weighted by Crippen LogP contribution is -2.30. The molecule has 0 amide bonds. The van der Waals surface area contributed by atoms with Crippen LogP contribution in [-0.2, 0) is 12.8 Å². The summed E-state index contributed by atoms with van der Waals surface area (Å²) in [6.07, 6.45) is 1.44. The highest BCUT2D eigenvalue weighted by Crippen LogP contribution is 2.18. The van der Waals surface area contributed by atoms with Gasteiger partial charge in [-0.15, -0.1) is 0 Å². The van der Waals surface area contributed by atoms with Crippen LogP contribution in [0.15, 0.2) is 46.9 Å². The summed E-state index contributed by atoms with van der Waals surface area (Å²) < 4.78 is 14.8. The molecule has 0 fully saturated rings. The first-order chi connectivity index (χ1) is 9.58. The first-order valence-corrected chi connectivity index (χ1v) is 7.61. The van der Waals surface area contributed by atoms with Gasteiger partial charge in [0.15, 0.2) is 0 Å². The van der Waals surface area contributed by atoms with E-state index in [0.29, 0.717) is 17.0 Å². The van der Waals surface area contributed by atoms with Crippen molar-refractivity contribution < 1.29 is 4.39 Å². The fourth-order valence-corrected chi connectivity index (χ4v) is 2.83. The number of benzene rings is 2. The number of nitrogens with one attached hydrogen (secondary N) is 1. The zero-order chi connectivity index (χ0) is 14.5. The molecule has 0 bridgehead atoms. The van der Waals surface area contributed by atoms with E-state index in [2.05, 4.69) is 33.4 Å². The van der Waals surface area contributed by atoms with Gasteiger partial charge < -0.3 is 5.32 Å². The number of likely N-dealkylation sites (N-methyl/N-ethyl adjacent to an activating group) is 1. The zero-order valence-corrected chi connectivity index (χ0v) is 13.5. The van der Waals surface area contributed by atoms with Gasteiger partial charge >= 0.3 is 0 Å². The normalized spacial score (nSPS) is 12.4. The van der Waals surface area contributed by atoms with Crippen LogP contribution < -0.4 is 5.32 Å². The Kier molecular flexibility index (Phi) is 5.58. The molecule has 1 atom stereocenters. The Balaban J connectivity index is 2.11. The van der Waals surface area contributed by atoms with Gasteiger partial charge in [0.1, 0.15) is 5.82 Å². The average molecular weight is 357 g/mol. The van der Waals surface area contributed by atoms with Crippen LogP contribution in [0.4, 0.5) is 4.39 Å². The summed E-state index contributed by atoms with van der Waals surface area (Å²) in [4.78, 5) is 0. The molecule has 1 unspecified atom stereocenters. The summed E-state index contributed by atoms with van der Waals surface area (Å²) in [5.41, 5.74) is 1.85. The van der Waals surface area contributed by atoms with Crippen LogP contribution in [0.1, 0.15) is 11.1 Å². The number of hydrogen-bond acceptors (Lipinski definition) is 1. The van der Waals surface area contributed by atoms with Gasteiger partial charge in [-0.25, -0.2) is 4.39 Å². The van der Waals surface area contributed by atoms with Crippen LogP contribution in [0.2, 0.25) is 5.02 Å². The predicted molar refractivity (Wildman–Crippen MR) is 85.8 cm³/mol. The maximum atomic E-state index is 13.8. The van der Waals surface area contributed by atoms with Crippen molar-refractivity contribution in [2.75, 3.05) is 7.05 Å². The Morgan fingerprint density at radius 2 is 2.00 bits per heavy atom. The van der Waals surface area contributed by atoms with Crippen LogP contribution in [0.3, 0.4) is 0 Å². The monoisotopic (exact) mass is 355 g/mol. The van der Waals surface area contributed by atoms with Gasteiger partial charge in [-0.3, -0.25) is 0 Å². The molecular weight excluding hydrogens is 341 g/mol. The van der Waals surface area contributed by atoms with E-state index in [1.165, 1.54) is 11.6 Å². The number of halogens is 3. The Bertz CT molecular complexity index is 588. The molecule has 0 radical (unpaired) electrons. The van der Waals surface area contributed by atoms with Gasteiger partial charge in [0.2, 0.25) is 0 Å². The topological polar surface area (TPSA) is 12.0 Å². The predicted octanol–water partition coefficient (Wildman–Crippen LogP) is 4.61. The third kappa shape index (κ3) is 4.30. The highest BCUT2D eigenvalue weighted by Gasteiger charge is 2.12. The molecule has 0 spiro atoms. The van der Waals surface area contributed by atoms with E-state index in [4.69, 9.17) is 11.6 Å². The Labute approximate surface area is 132 Å². The van der Waals surface area contributed by atoms with Crippen molar-refractivity contribution in [3.8, 4) is 0 Å². The van der Waals surface area contributed by atoms with E-state index >= 15 is 0 Å². The second-order valence-corrected chi connectivity index (χ2v) is 6.11. The molecule has 0 aromatic heterocycles. The minimum absolute atomic E-state index is 0.164. The van der Waals surface area contributed by atoms with Gasteiger partial charge in [-0.05, 0) is 61.3 Å². The Hall–Kier alpha value is -0.900. The molecule has 0 aliphatic carbocycles. The smallest absolute Gasteiger partial charge is 0.126 e. The standard InChI is InChI=1S/C16H16BrClFN/c1-20-15(8-11-3-2-4-13(17)7-11)10-12-9-14(18)5-6-16(12)19/h2-7,9,15,20H,8,10H2,1H3. The molecule has 1 nitrogen and oxygen atoms in total. The zero-order valence-electron chi connectivity index (χ0n) is 11.2. The second-order valence-electron chi connectivity index (χ2n) is 4.76. The molecule has 2 rings (SSSR count). The minimum Gasteiger partial charge on any atom is -0.316 e. The maximum Gasteiger partial charge on any atom is 0.126 e. The van der Waals surface area contributed by atoms with Crippen molar-refractivity contribution in [2.24, 2.45) is 0 Å². The molecule has 4 heteroatoms. The number of hydrogen-bond donors (Lipinski definition) is 1. The molecule has 2 aromatic rings. The lowest BCUT2D eigenvalue weighted by molar-refractivity contribution is 0.532. The van der Waals surface area contributed by atoms with Gasteiger partial charge in [0.25, 0.3) is 0 Å². The van der Waals surface area contributed by atoms with Crippen molar-refractivity contribution in [2.45, 2.75) is 18.9 Å². The molecule has 20 heavy (non-hydrogen) atoms. The van der Waals surface area contributed by atoms with Crippen molar-refractivity contribution >= 4 is 27.5 Å². The van der Waals surface area contributed by atoms with Gasteiger partial charge in [-0.1, -0.05) is 39.7 Å². The lowest BCUT2D eigenvalue weighted by Gasteiger charge is -2.17. The van der Waals surface area contributed by atoms with Crippen molar-refractivity contribution in [3.63, 3.8) is 0 Å². The highest BCUT2D eigenvalue weighted by molar-refractivity contribution is 9.10. The summed E-state index contributed by atoms with van der Waals surface area (Å²) >= 11 is 9.40. The maximum absolute atomic E-state index is 13.8. The van der Waals surface area contributed by atoms with Gasteiger partial charge in [0.05, 0.1) is 0 Å². The summed E-state index contributed by atoms with van der Waals surface area (Å²) in [5, 5.41) is 3.81. The molecule has 2 aromatic carbocycles. The molecule has 0 saturated heterocycles. The minimum atomic E-state index is -0.205. The van der Waals surface area contributed by atoms with Crippen LogP contribution in [0, 0.1) is 5.82 Å². The Morgan fingerprint density at radius 3 is 2.70 bits per heavy atom. The largest absolute Gasteiger partial charge is 0.316 e. The van der Waals surface area contributed by atoms with E-state index in [9.17, 15) is 4.39 Å². The fraction of sp³-hybridized carbons (Fsp3) is 0.250. The third-order valence-electron chi connectivity index (χ3n) is 3.25. The molecular formula is C16H16BrClFN. The molecule has 1 N–H and O–H groups in total. The van der Waals surface area contributed by atoms with E-state index in [0.717, 1.165) is 10.9 Å². The SMILES string of the molecule is CNC(Cc1cccc(Br)c1)Cc1cc(Cl)ccc1F. The van der Waals surface area contributed by atoms with E-state index in [-0.39, 0.29) is 11.9 Å². The second kappa shape index (κ2) is 7.21. The van der Waals surface area contributed by atoms with Gasteiger partial charge in [0, 0.05) is 15.5 Å². The van der Waals surface area contributed by atoms with E-state index in [1.54, 1.807) is 12.1 Å². The van der Waals surface area contributed by atoms with Gasteiger partial charge in [-0.2, -0.15) is 0 Å². The first-order valence-electron chi connectivity index (χ1n) is 6.44. The van der Waals surface area contributed by atoms with Crippen molar-refractivity contribution in [3.05, 3.63) is 68.9 Å². The van der Waals surface area contributed by atoms with Crippen LogP contribution in [0.5, 0.6) is 0 Å². The van der Waals surface area contributed by atoms with E-state index < -0.39 is 0 Å². The fourth-order valence-electron chi connectivity index (χ4n) is 2.19. The van der Waals surface area contributed by atoms with Crippen molar-refractivity contribution in [1.82, 2.24) is 5.32 Å². The number of rotatable bonds is 5. The summed E-state index contributed by atoms with van der Waals surface area (Å²) in [7, 11) is 1.89. The summed E-state index contributed by atoms with van der Waals surface area (Å²) in [6, 6.07) is 13.0. The molecule has 0 heterocycles. The Morgan fingerprint density at radius 1 is 1.20 bits per heavy atom. The van der Waals surface area contributed by atoms with Crippen LogP contribution in [0.25, 0.3) is 0 Å². The lowest BCUT2D eigenvalue weighted by atomic mass is 9.99. The highest BCUT2D eigenvalue weighted by atomic mass is 79.9. The first kappa shape index (κ1) is 15.5. The molecule has 0 aliphatic heterocycles. The van der Waals surface area contributed by atoms with Crippen molar-refractivity contribution in [1.29, 1.82) is 0 Å². The van der Waals surface area contributed by atoms with Crippen LogP contribution >= 0.6 is 27.5 Å². The molecule has 0 saturated carbocycles. The van der Waals surface area contributed by atoms with E-state index in [1.807, 2.05) is 19.2 Å². The summed E-state index contributed by atoms with van der Waals surface area (Å²) in [5.74, 6) is -0.205. The third-order valence-corrected chi connectivity index (χ3v) is 3.98. The molecule has 0 aliphatic rings. The molecule has 106 valence electrons. The summed E-state index contributed by atoms with van der Waals surface area (Å²) in [6.45, 7) is 0. The average Bonchev–Trinajstić information content (AvgIpc) is 2.42. The quantitative estimate of drug-likeness (QED) is 0.824. The van der Waals surface area contributed by atoms with Crippen LogP contribution in [-0.4, -0.2) is 13.1 Å².